The van der Waals surface area contributed by atoms with Gasteiger partial charge in [0, 0.05) is 23.3 Å². The minimum atomic E-state index is -1.61. The van der Waals surface area contributed by atoms with Gasteiger partial charge in [-0.3, -0.25) is 9.59 Å². The smallest absolute Gasteiger partial charge is 0.333 e. The van der Waals surface area contributed by atoms with E-state index in [-0.39, 0.29) is 11.5 Å². The molecule has 7 rings (SSSR count). The fourth-order valence-electron chi connectivity index (χ4n) is 8.65. The highest BCUT2D eigenvalue weighted by molar-refractivity contribution is 6.27. The molecular weight excluding hydrogens is 644 g/mol. The van der Waals surface area contributed by atoms with Gasteiger partial charge in [0.25, 0.3) is 11.8 Å². The molecule has 0 N–H and O–H groups in total. The maximum absolute atomic E-state index is 15.7. The number of amides is 2. The molecule has 10 nitrogen and oxygen atoms in total. The number of carbonyl (C=O) groups excluding carboxylic acids is 3. The van der Waals surface area contributed by atoms with Crippen LogP contribution in [0.3, 0.4) is 0 Å². The normalized spacial score (nSPS) is 25.3. The fourth-order valence-corrected chi connectivity index (χ4v) is 8.65. The molecule has 0 saturated heterocycles. The topological polar surface area (TPSA) is 110 Å². The molecule has 2 heterocycles. The van der Waals surface area contributed by atoms with Crippen molar-refractivity contribution in [1.29, 1.82) is 0 Å². The monoisotopic (exact) mass is 682 g/mol. The van der Waals surface area contributed by atoms with Crippen LogP contribution in [0.15, 0.2) is 132 Å². The van der Waals surface area contributed by atoms with Gasteiger partial charge in [-0.1, -0.05) is 67.2 Å². The van der Waals surface area contributed by atoms with Crippen LogP contribution in [-0.4, -0.2) is 50.5 Å². The van der Waals surface area contributed by atoms with Crippen molar-refractivity contribution in [2.75, 3.05) is 31.3 Å². The molecule has 1 saturated carbocycles. The van der Waals surface area contributed by atoms with Crippen LogP contribution in [0.5, 0.6) is 11.5 Å². The third kappa shape index (κ3) is 4.73. The Hall–Kier alpha value is -6.03. The van der Waals surface area contributed by atoms with E-state index in [0.29, 0.717) is 45.4 Å². The van der Waals surface area contributed by atoms with Gasteiger partial charge in [0.05, 0.1) is 44.1 Å². The van der Waals surface area contributed by atoms with E-state index in [0.717, 1.165) is 0 Å². The van der Waals surface area contributed by atoms with Gasteiger partial charge >= 0.3 is 5.97 Å². The average Bonchev–Trinajstić information content (AvgIpc) is 3.72. The predicted molar refractivity (Wildman–Crippen MR) is 195 cm³/mol. The van der Waals surface area contributed by atoms with Crippen LogP contribution < -0.4 is 19.5 Å². The van der Waals surface area contributed by atoms with Crippen LogP contribution in [0.25, 0.3) is 0 Å². The van der Waals surface area contributed by atoms with Crippen molar-refractivity contribution in [2.45, 2.75) is 25.7 Å². The summed E-state index contributed by atoms with van der Waals surface area (Å²) in [6, 6.07) is 33.0. The first-order chi connectivity index (χ1) is 24.7. The minimum Gasteiger partial charge on any atom is -0.497 e. The Balaban J connectivity index is 1.61. The van der Waals surface area contributed by atoms with Crippen LogP contribution in [0.2, 0.25) is 0 Å². The molecule has 5 atom stereocenters. The number of esters is 1. The van der Waals surface area contributed by atoms with Crippen molar-refractivity contribution in [3.05, 3.63) is 132 Å². The van der Waals surface area contributed by atoms with Crippen LogP contribution >= 0.6 is 0 Å². The van der Waals surface area contributed by atoms with Crippen LogP contribution in [0.4, 0.5) is 11.4 Å². The standard InChI is InChI=1S/C41H38N4O6/c1-25(37(46)51-6)34-35(28-17-21-32(49-4)22-18-28)41(27(3)43-45(39(41)48)31-15-11-8-12-16-31)36(29-19-23-33(50-5)24-20-29)40(34)26(2)42-44(38(40)47)30-13-9-7-10-14-30/h7-24,34-36H,1H2,2-6H3/t34-,35-,36-,40-,41-/m0/s1. The van der Waals surface area contributed by atoms with Crippen molar-refractivity contribution < 1.29 is 28.6 Å². The lowest BCUT2D eigenvalue weighted by molar-refractivity contribution is -0.137. The molecular formula is C41H38N4O6. The van der Waals surface area contributed by atoms with Crippen LogP contribution in [0, 0.1) is 16.7 Å². The number of nitrogens with zero attached hydrogens (tertiary/aromatic N) is 4. The fraction of sp³-hybridized carbons (Fsp3) is 0.244. The molecule has 3 aliphatic rings. The van der Waals surface area contributed by atoms with E-state index in [1.807, 2.05) is 104 Å². The minimum absolute atomic E-state index is 0.0466. The van der Waals surface area contributed by atoms with Gasteiger partial charge in [0.15, 0.2) is 0 Å². The lowest BCUT2D eigenvalue weighted by Gasteiger charge is -2.39. The lowest BCUT2D eigenvalue weighted by atomic mass is 9.59. The zero-order valence-electron chi connectivity index (χ0n) is 29.1. The Bertz CT molecular complexity index is 2080. The molecule has 51 heavy (non-hydrogen) atoms. The summed E-state index contributed by atoms with van der Waals surface area (Å²) in [5.74, 6) is -3.01. The van der Waals surface area contributed by atoms with Gasteiger partial charge < -0.3 is 14.2 Å². The van der Waals surface area contributed by atoms with E-state index < -0.39 is 40.5 Å². The molecule has 0 unspecified atom stereocenters. The highest BCUT2D eigenvalue weighted by Gasteiger charge is 2.80. The summed E-state index contributed by atoms with van der Waals surface area (Å²) in [5, 5.41) is 12.7. The zero-order chi connectivity index (χ0) is 36.1. The second kappa shape index (κ2) is 12.7. The van der Waals surface area contributed by atoms with Gasteiger partial charge in [-0.25, -0.2) is 4.79 Å². The first-order valence-corrected chi connectivity index (χ1v) is 16.6. The maximum Gasteiger partial charge on any atom is 0.333 e. The number of rotatable bonds is 8. The van der Waals surface area contributed by atoms with Gasteiger partial charge in [-0.15, -0.1) is 0 Å². The summed E-state index contributed by atoms with van der Waals surface area (Å²) in [7, 11) is 4.44. The van der Waals surface area contributed by atoms with E-state index in [1.165, 1.54) is 17.1 Å². The molecule has 0 radical (unpaired) electrons. The molecule has 2 aliphatic heterocycles. The quantitative estimate of drug-likeness (QED) is 0.150. The number of hydrazone groups is 2. The van der Waals surface area contributed by atoms with E-state index in [9.17, 15) is 4.79 Å². The predicted octanol–water partition coefficient (Wildman–Crippen LogP) is 6.75. The number of carbonyl (C=O) groups is 3. The second-order valence-electron chi connectivity index (χ2n) is 13.0. The molecule has 2 amide bonds. The Morgan fingerprint density at radius 3 is 1.53 bits per heavy atom. The summed E-state index contributed by atoms with van der Waals surface area (Å²) >= 11 is 0. The molecule has 1 aliphatic carbocycles. The van der Waals surface area contributed by atoms with Gasteiger partial charge in [-0.05, 0) is 73.5 Å². The summed E-state index contributed by atoms with van der Waals surface area (Å²) in [4.78, 5) is 45.2. The number of benzene rings is 4. The third-order valence-electron chi connectivity index (χ3n) is 10.8. The van der Waals surface area contributed by atoms with Crippen molar-refractivity contribution in [1.82, 2.24) is 0 Å². The zero-order valence-corrected chi connectivity index (χ0v) is 29.1. The Kier molecular flexibility index (Phi) is 8.33. The van der Waals surface area contributed by atoms with Gasteiger partial charge in [0.1, 0.15) is 22.3 Å². The Morgan fingerprint density at radius 2 is 1.08 bits per heavy atom. The average molecular weight is 683 g/mol. The van der Waals surface area contributed by atoms with Gasteiger partial charge in [0.2, 0.25) is 0 Å². The van der Waals surface area contributed by atoms with E-state index in [2.05, 4.69) is 6.58 Å². The molecule has 0 aromatic heterocycles. The molecule has 4 aromatic rings. The highest BCUT2D eigenvalue weighted by atomic mass is 16.5. The van der Waals surface area contributed by atoms with Crippen LogP contribution in [-0.2, 0) is 19.1 Å². The highest BCUT2D eigenvalue weighted by Crippen LogP contribution is 2.74. The molecule has 4 aromatic carbocycles. The van der Waals surface area contributed by atoms with Crippen molar-refractivity contribution >= 4 is 40.6 Å². The largest absolute Gasteiger partial charge is 0.497 e. The van der Waals surface area contributed by atoms with Crippen molar-refractivity contribution in [3.63, 3.8) is 0 Å². The summed E-state index contributed by atoms with van der Waals surface area (Å²) in [6.45, 7) is 7.95. The van der Waals surface area contributed by atoms with Crippen molar-refractivity contribution in [3.8, 4) is 11.5 Å². The van der Waals surface area contributed by atoms with Crippen LogP contribution in [0.1, 0.15) is 36.8 Å². The Labute approximate surface area is 296 Å². The van der Waals surface area contributed by atoms with E-state index in [1.54, 1.807) is 33.3 Å². The van der Waals surface area contributed by atoms with Crippen molar-refractivity contribution in [2.24, 2.45) is 27.0 Å². The molecule has 2 spiro atoms. The molecule has 1 fully saturated rings. The lowest BCUT2D eigenvalue weighted by Crippen LogP contribution is -2.51. The SMILES string of the molecule is C=C(C(=O)OC)[C@H]1[C@H](c2ccc(OC)cc2)[C@]2(C(=O)N(c3ccccc3)N=C2C)[C@@H](c2ccc(OC)cc2)[C@@]12C(=O)N(c1ccccc1)N=C2C. The first kappa shape index (κ1) is 33.5. The van der Waals surface area contributed by atoms with E-state index >= 15 is 9.59 Å². The number of anilines is 2. The summed E-state index contributed by atoms with van der Waals surface area (Å²) in [5.41, 5.74) is 0.301. The van der Waals surface area contributed by atoms with E-state index in [4.69, 9.17) is 24.4 Å². The molecule has 0 bridgehead atoms. The summed E-state index contributed by atoms with van der Waals surface area (Å²) in [6.07, 6.45) is 0. The number of ether oxygens (including phenoxy) is 3. The Morgan fingerprint density at radius 1 is 0.647 bits per heavy atom. The number of hydrogen-bond donors (Lipinski definition) is 0. The second-order valence-corrected chi connectivity index (χ2v) is 13.0. The molecule has 10 heteroatoms. The summed E-state index contributed by atoms with van der Waals surface area (Å²) < 4.78 is 16.4. The third-order valence-corrected chi connectivity index (χ3v) is 10.8. The first-order valence-electron chi connectivity index (χ1n) is 16.6. The molecule has 258 valence electrons. The number of hydrogen-bond acceptors (Lipinski definition) is 8. The number of para-hydroxylation sites is 2. The maximum atomic E-state index is 15.7. The number of methoxy groups -OCH3 is 3. The van der Waals surface area contributed by atoms with Gasteiger partial charge in [-0.2, -0.15) is 20.2 Å².